The zero-order valence-electron chi connectivity index (χ0n) is 12.5. The van der Waals surface area contributed by atoms with E-state index in [1.165, 1.54) is 0 Å². The number of aliphatic carboxylic acids is 1. The summed E-state index contributed by atoms with van der Waals surface area (Å²) in [4.78, 5) is 15.0. The van der Waals surface area contributed by atoms with Gasteiger partial charge in [0.2, 0.25) is 0 Å². The molecule has 0 atom stereocenters. The van der Waals surface area contributed by atoms with Gasteiger partial charge in [-0.2, -0.15) is 0 Å². The van der Waals surface area contributed by atoms with Crippen LogP contribution in [0.2, 0.25) is 0 Å². The van der Waals surface area contributed by atoms with E-state index in [1.54, 1.807) is 7.11 Å². The van der Waals surface area contributed by atoms with Crippen LogP contribution in [0.4, 0.5) is 5.69 Å². The van der Waals surface area contributed by atoms with Crippen molar-refractivity contribution >= 4 is 11.7 Å². The summed E-state index contributed by atoms with van der Waals surface area (Å²) in [6.07, 6.45) is 1.13. The van der Waals surface area contributed by atoms with Crippen LogP contribution < -0.4 is 9.64 Å². The second-order valence-corrected chi connectivity index (χ2v) is 4.99. The van der Waals surface area contributed by atoms with E-state index >= 15 is 0 Å². The molecule has 5 nitrogen and oxygen atoms in total. The highest BCUT2D eigenvalue weighted by Crippen LogP contribution is 2.21. The third kappa shape index (κ3) is 5.93. The van der Waals surface area contributed by atoms with E-state index < -0.39 is 5.97 Å². The Hall–Kier alpha value is -1.75. The highest BCUT2D eigenvalue weighted by Gasteiger charge is 2.09. The van der Waals surface area contributed by atoms with Crippen molar-refractivity contribution in [1.82, 2.24) is 4.90 Å². The van der Waals surface area contributed by atoms with E-state index in [4.69, 9.17) is 9.84 Å². The van der Waals surface area contributed by atoms with Crippen LogP contribution in [-0.2, 0) is 4.79 Å². The summed E-state index contributed by atoms with van der Waals surface area (Å²) in [5.41, 5.74) is 1.00. The Labute approximate surface area is 120 Å². The molecule has 0 aromatic heterocycles. The molecule has 0 aliphatic carbocycles. The lowest BCUT2D eigenvalue weighted by Crippen LogP contribution is -2.29. The van der Waals surface area contributed by atoms with E-state index in [0.717, 1.165) is 30.9 Å². The Morgan fingerprint density at radius 2 is 2.00 bits per heavy atom. The first kappa shape index (κ1) is 16.3. The number of carbonyl (C=O) groups is 1. The normalized spacial score (nSPS) is 10.6. The van der Waals surface area contributed by atoms with E-state index in [0.29, 0.717) is 6.54 Å². The van der Waals surface area contributed by atoms with Gasteiger partial charge in [0.05, 0.1) is 13.5 Å². The number of methoxy groups -OCH3 is 1. The van der Waals surface area contributed by atoms with Crippen LogP contribution in [-0.4, -0.2) is 56.8 Å². The zero-order valence-corrected chi connectivity index (χ0v) is 12.5. The van der Waals surface area contributed by atoms with Gasteiger partial charge < -0.3 is 19.6 Å². The largest absolute Gasteiger partial charge is 0.497 e. The Kier molecular flexibility index (Phi) is 6.87. The van der Waals surface area contributed by atoms with E-state index in [2.05, 4.69) is 9.80 Å². The van der Waals surface area contributed by atoms with Gasteiger partial charge in [-0.3, -0.25) is 4.79 Å². The number of nitrogens with zero attached hydrogens (tertiary/aromatic N) is 2. The Bertz CT molecular complexity index is 421. The second kappa shape index (κ2) is 8.43. The molecule has 0 aliphatic heterocycles. The molecule has 0 unspecified atom stereocenters. The number of benzene rings is 1. The molecular formula is C15H24N2O3. The quantitative estimate of drug-likeness (QED) is 0.749. The fourth-order valence-electron chi connectivity index (χ4n) is 1.99. The zero-order chi connectivity index (χ0) is 15.0. The van der Waals surface area contributed by atoms with Crippen molar-refractivity contribution in [3.63, 3.8) is 0 Å². The number of rotatable bonds is 9. The van der Waals surface area contributed by atoms with Crippen LogP contribution in [0.1, 0.15) is 12.8 Å². The van der Waals surface area contributed by atoms with Crippen LogP contribution in [0.25, 0.3) is 0 Å². The van der Waals surface area contributed by atoms with E-state index in [-0.39, 0.29) is 6.42 Å². The monoisotopic (exact) mass is 280 g/mol. The molecule has 0 aliphatic rings. The Morgan fingerprint density at radius 1 is 1.25 bits per heavy atom. The Balaban J connectivity index is 2.71. The SMILES string of the molecule is COc1cccc(N(CCCN(C)C)CCC(=O)O)c1. The van der Waals surface area contributed by atoms with E-state index in [9.17, 15) is 4.79 Å². The molecule has 1 aromatic rings. The molecule has 1 rings (SSSR count). The second-order valence-electron chi connectivity index (χ2n) is 4.99. The highest BCUT2D eigenvalue weighted by molar-refractivity contribution is 5.67. The molecule has 0 bridgehead atoms. The molecule has 112 valence electrons. The van der Waals surface area contributed by atoms with Crippen molar-refractivity contribution in [3.05, 3.63) is 24.3 Å². The van der Waals surface area contributed by atoms with Gasteiger partial charge in [-0.05, 0) is 39.2 Å². The lowest BCUT2D eigenvalue weighted by molar-refractivity contribution is -0.136. The first-order valence-electron chi connectivity index (χ1n) is 6.78. The summed E-state index contributed by atoms with van der Waals surface area (Å²) in [5.74, 6) is 0.0148. The minimum absolute atomic E-state index is 0.138. The summed E-state index contributed by atoms with van der Waals surface area (Å²) >= 11 is 0. The summed E-state index contributed by atoms with van der Waals surface area (Å²) in [6, 6.07) is 7.74. The van der Waals surface area contributed by atoms with Crippen molar-refractivity contribution in [2.45, 2.75) is 12.8 Å². The predicted octanol–water partition coefficient (Wildman–Crippen LogP) is 1.93. The predicted molar refractivity (Wildman–Crippen MR) is 80.6 cm³/mol. The number of hydrogen-bond acceptors (Lipinski definition) is 4. The first-order chi connectivity index (χ1) is 9.52. The number of hydrogen-bond donors (Lipinski definition) is 1. The van der Waals surface area contributed by atoms with Crippen molar-refractivity contribution in [3.8, 4) is 5.75 Å². The molecule has 5 heteroatoms. The highest BCUT2D eigenvalue weighted by atomic mass is 16.5. The average molecular weight is 280 g/mol. The Morgan fingerprint density at radius 3 is 2.60 bits per heavy atom. The molecular weight excluding hydrogens is 256 g/mol. The topological polar surface area (TPSA) is 53.0 Å². The van der Waals surface area contributed by atoms with Crippen molar-refractivity contribution in [2.75, 3.05) is 45.7 Å². The van der Waals surface area contributed by atoms with Crippen LogP contribution in [0.15, 0.2) is 24.3 Å². The van der Waals surface area contributed by atoms with Crippen molar-refractivity contribution in [1.29, 1.82) is 0 Å². The number of carboxylic acid groups (broad SMARTS) is 1. The third-order valence-electron chi connectivity index (χ3n) is 3.05. The molecule has 0 amide bonds. The summed E-state index contributed by atoms with van der Waals surface area (Å²) in [6.45, 7) is 2.32. The van der Waals surface area contributed by atoms with Crippen LogP contribution in [0, 0.1) is 0 Å². The van der Waals surface area contributed by atoms with E-state index in [1.807, 2.05) is 38.4 Å². The third-order valence-corrected chi connectivity index (χ3v) is 3.05. The standard InChI is InChI=1S/C15H24N2O3/c1-16(2)9-5-10-17(11-8-15(18)19)13-6-4-7-14(12-13)20-3/h4,6-7,12H,5,8-11H2,1-3H3,(H,18,19). The molecule has 0 spiro atoms. The van der Waals surface area contributed by atoms with Crippen molar-refractivity contribution in [2.24, 2.45) is 0 Å². The fourth-order valence-corrected chi connectivity index (χ4v) is 1.99. The minimum atomic E-state index is -0.773. The summed E-state index contributed by atoms with van der Waals surface area (Å²) in [7, 11) is 5.70. The fraction of sp³-hybridized carbons (Fsp3) is 0.533. The summed E-state index contributed by atoms with van der Waals surface area (Å²) in [5, 5.41) is 8.86. The molecule has 1 N–H and O–H groups in total. The van der Waals surface area contributed by atoms with Gasteiger partial charge in [0.25, 0.3) is 0 Å². The molecule has 20 heavy (non-hydrogen) atoms. The minimum Gasteiger partial charge on any atom is -0.497 e. The smallest absolute Gasteiger partial charge is 0.305 e. The maximum Gasteiger partial charge on any atom is 0.305 e. The first-order valence-corrected chi connectivity index (χ1v) is 6.78. The average Bonchev–Trinajstić information content (AvgIpc) is 2.42. The molecule has 0 radical (unpaired) electrons. The van der Waals surface area contributed by atoms with Gasteiger partial charge in [0.1, 0.15) is 5.75 Å². The van der Waals surface area contributed by atoms with Crippen molar-refractivity contribution < 1.29 is 14.6 Å². The van der Waals surface area contributed by atoms with Gasteiger partial charge in [0.15, 0.2) is 0 Å². The maximum absolute atomic E-state index is 10.8. The van der Waals surface area contributed by atoms with Gasteiger partial charge in [-0.15, -0.1) is 0 Å². The number of ether oxygens (including phenoxy) is 1. The lowest BCUT2D eigenvalue weighted by atomic mass is 10.2. The molecule has 0 saturated carbocycles. The number of carboxylic acids is 1. The summed E-state index contributed by atoms with van der Waals surface area (Å²) < 4.78 is 5.22. The lowest BCUT2D eigenvalue weighted by Gasteiger charge is -2.25. The van der Waals surface area contributed by atoms with Gasteiger partial charge >= 0.3 is 5.97 Å². The van der Waals surface area contributed by atoms with Gasteiger partial charge in [0, 0.05) is 24.8 Å². The van der Waals surface area contributed by atoms with Crippen LogP contribution >= 0.6 is 0 Å². The van der Waals surface area contributed by atoms with Crippen LogP contribution in [0.5, 0.6) is 5.75 Å². The number of anilines is 1. The van der Waals surface area contributed by atoms with Crippen LogP contribution in [0.3, 0.4) is 0 Å². The molecule has 0 fully saturated rings. The molecule has 0 heterocycles. The van der Waals surface area contributed by atoms with Gasteiger partial charge in [-0.1, -0.05) is 6.07 Å². The molecule has 1 aromatic carbocycles. The maximum atomic E-state index is 10.8. The van der Waals surface area contributed by atoms with Gasteiger partial charge in [-0.25, -0.2) is 0 Å². The molecule has 0 saturated heterocycles.